The molecular formula is C29H43N3O6. The quantitative estimate of drug-likeness (QED) is 0.367. The SMILES string of the molecule is C=Cc1cccc(C(C(=O)NCCC(=O)OCC)N(C(=O)C(CC(C)C)NC(=O)OC(C)(C)C)C2CC2)c1. The number of nitrogens with one attached hydrogen (secondary N) is 2. The average Bonchev–Trinajstić information content (AvgIpc) is 3.65. The van der Waals surface area contributed by atoms with E-state index in [2.05, 4.69) is 17.2 Å². The maximum atomic E-state index is 14.1. The summed E-state index contributed by atoms with van der Waals surface area (Å²) < 4.78 is 10.4. The molecule has 0 spiro atoms. The van der Waals surface area contributed by atoms with Gasteiger partial charge in [-0.1, -0.05) is 44.7 Å². The predicted octanol–water partition coefficient (Wildman–Crippen LogP) is 4.37. The summed E-state index contributed by atoms with van der Waals surface area (Å²) in [5.41, 5.74) is 0.704. The Morgan fingerprint density at radius 3 is 2.42 bits per heavy atom. The molecule has 1 aliphatic carbocycles. The van der Waals surface area contributed by atoms with Gasteiger partial charge in [-0.25, -0.2) is 4.79 Å². The molecule has 0 bridgehead atoms. The van der Waals surface area contributed by atoms with E-state index in [1.54, 1.807) is 44.7 Å². The van der Waals surface area contributed by atoms with E-state index in [0.29, 0.717) is 12.0 Å². The van der Waals surface area contributed by atoms with Crippen molar-refractivity contribution in [3.63, 3.8) is 0 Å². The molecule has 210 valence electrons. The molecule has 0 radical (unpaired) electrons. The molecule has 0 aromatic heterocycles. The summed E-state index contributed by atoms with van der Waals surface area (Å²) in [6.07, 6.45) is 2.89. The normalized spacial score (nSPS) is 14.7. The molecule has 2 rings (SSSR count). The van der Waals surface area contributed by atoms with Crippen LogP contribution >= 0.6 is 0 Å². The topological polar surface area (TPSA) is 114 Å². The Kier molecular flexibility index (Phi) is 11.4. The summed E-state index contributed by atoms with van der Waals surface area (Å²) in [4.78, 5) is 53.7. The lowest BCUT2D eigenvalue weighted by Gasteiger charge is -2.35. The van der Waals surface area contributed by atoms with Crippen LogP contribution in [-0.4, -0.2) is 59.6 Å². The van der Waals surface area contributed by atoms with E-state index < -0.39 is 35.7 Å². The minimum absolute atomic E-state index is 0.0204. The molecule has 2 unspecified atom stereocenters. The molecule has 0 heterocycles. The van der Waals surface area contributed by atoms with Crippen LogP contribution in [0.5, 0.6) is 0 Å². The Labute approximate surface area is 226 Å². The van der Waals surface area contributed by atoms with Crippen LogP contribution in [-0.2, 0) is 23.9 Å². The van der Waals surface area contributed by atoms with Gasteiger partial charge in [0, 0.05) is 12.6 Å². The van der Waals surface area contributed by atoms with Crippen molar-refractivity contribution >= 4 is 30.0 Å². The average molecular weight is 530 g/mol. The van der Waals surface area contributed by atoms with Gasteiger partial charge in [0.15, 0.2) is 0 Å². The Balaban J connectivity index is 2.41. The molecule has 1 saturated carbocycles. The first-order chi connectivity index (χ1) is 17.9. The van der Waals surface area contributed by atoms with Crippen LogP contribution in [0, 0.1) is 5.92 Å². The molecule has 2 atom stereocenters. The number of benzene rings is 1. The van der Waals surface area contributed by atoms with E-state index in [1.807, 2.05) is 32.0 Å². The number of amides is 3. The Morgan fingerprint density at radius 2 is 1.87 bits per heavy atom. The fourth-order valence-electron chi connectivity index (χ4n) is 4.11. The Hall–Kier alpha value is -3.36. The van der Waals surface area contributed by atoms with E-state index in [4.69, 9.17) is 9.47 Å². The highest BCUT2D eigenvalue weighted by atomic mass is 16.6. The monoisotopic (exact) mass is 529 g/mol. The third kappa shape index (κ3) is 9.84. The van der Waals surface area contributed by atoms with Crippen molar-refractivity contribution in [2.45, 2.75) is 91.0 Å². The lowest BCUT2D eigenvalue weighted by molar-refractivity contribution is -0.145. The van der Waals surface area contributed by atoms with Gasteiger partial charge in [0.1, 0.15) is 17.7 Å². The maximum absolute atomic E-state index is 14.1. The summed E-state index contributed by atoms with van der Waals surface area (Å²) in [6.45, 7) is 15.1. The van der Waals surface area contributed by atoms with Crippen molar-refractivity contribution in [3.05, 3.63) is 42.0 Å². The van der Waals surface area contributed by atoms with Gasteiger partial charge in [0.2, 0.25) is 11.8 Å². The second kappa shape index (κ2) is 14.0. The van der Waals surface area contributed by atoms with Crippen molar-refractivity contribution in [2.24, 2.45) is 5.92 Å². The summed E-state index contributed by atoms with van der Waals surface area (Å²) in [6, 6.07) is 5.32. The summed E-state index contributed by atoms with van der Waals surface area (Å²) in [7, 11) is 0. The van der Waals surface area contributed by atoms with Crippen LogP contribution in [0.25, 0.3) is 6.08 Å². The highest BCUT2D eigenvalue weighted by Gasteiger charge is 2.44. The largest absolute Gasteiger partial charge is 0.466 e. The third-order valence-electron chi connectivity index (χ3n) is 5.81. The highest BCUT2D eigenvalue weighted by molar-refractivity contribution is 5.92. The molecule has 2 N–H and O–H groups in total. The molecule has 1 fully saturated rings. The van der Waals surface area contributed by atoms with Gasteiger partial charge in [-0.3, -0.25) is 14.4 Å². The van der Waals surface area contributed by atoms with Gasteiger partial charge in [-0.2, -0.15) is 0 Å². The van der Waals surface area contributed by atoms with Gasteiger partial charge in [0.05, 0.1) is 13.0 Å². The fourth-order valence-corrected chi connectivity index (χ4v) is 4.11. The predicted molar refractivity (Wildman–Crippen MR) is 146 cm³/mol. The van der Waals surface area contributed by atoms with Gasteiger partial charge >= 0.3 is 12.1 Å². The lowest BCUT2D eigenvalue weighted by Crippen LogP contribution is -2.54. The van der Waals surface area contributed by atoms with Crippen molar-refractivity contribution < 1.29 is 28.7 Å². The van der Waals surface area contributed by atoms with Gasteiger partial charge in [-0.15, -0.1) is 0 Å². The van der Waals surface area contributed by atoms with Gasteiger partial charge < -0.3 is 25.0 Å². The van der Waals surface area contributed by atoms with Crippen LogP contribution in [0.4, 0.5) is 4.79 Å². The summed E-state index contributed by atoms with van der Waals surface area (Å²) >= 11 is 0. The zero-order chi connectivity index (χ0) is 28.5. The zero-order valence-electron chi connectivity index (χ0n) is 23.5. The molecule has 0 saturated heterocycles. The number of hydrogen-bond donors (Lipinski definition) is 2. The van der Waals surface area contributed by atoms with Crippen molar-refractivity contribution in [1.82, 2.24) is 15.5 Å². The van der Waals surface area contributed by atoms with Crippen LogP contribution < -0.4 is 10.6 Å². The first kappa shape index (κ1) is 30.9. The molecule has 38 heavy (non-hydrogen) atoms. The number of rotatable bonds is 13. The Morgan fingerprint density at radius 1 is 1.18 bits per heavy atom. The minimum Gasteiger partial charge on any atom is -0.466 e. The van der Waals surface area contributed by atoms with Crippen LogP contribution in [0.1, 0.15) is 84.4 Å². The smallest absolute Gasteiger partial charge is 0.408 e. The van der Waals surface area contributed by atoms with Crippen molar-refractivity contribution in [1.29, 1.82) is 0 Å². The molecule has 1 aliphatic rings. The zero-order valence-corrected chi connectivity index (χ0v) is 23.5. The number of carbonyl (C=O) groups excluding carboxylic acids is 4. The molecule has 9 heteroatoms. The summed E-state index contributed by atoms with van der Waals surface area (Å²) in [5.74, 6) is -1.06. The molecule has 1 aromatic carbocycles. The van der Waals surface area contributed by atoms with Gasteiger partial charge in [0.25, 0.3) is 0 Å². The highest BCUT2D eigenvalue weighted by Crippen LogP contribution is 2.36. The number of hydrogen-bond acceptors (Lipinski definition) is 6. The van der Waals surface area contributed by atoms with E-state index in [9.17, 15) is 19.2 Å². The van der Waals surface area contributed by atoms with E-state index in [-0.39, 0.29) is 37.4 Å². The van der Waals surface area contributed by atoms with Gasteiger partial charge in [-0.05, 0) is 70.1 Å². The maximum Gasteiger partial charge on any atom is 0.408 e. The minimum atomic E-state index is -0.952. The molecule has 3 amide bonds. The summed E-state index contributed by atoms with van der Waals surface area (Å²) in [5, 5.41) is 5.55. The number of esters is 1. The second-order valence-corrected chi connectivity index (χ2v) is 10.9. The molecule has 9 nitrogen and oxygen atoms in total. The number of carbonyl (C=O) groups is 4. The van der Waals surface area contributed by atoms with E-state index >= 15 is 0 Å². The van der Waals surface area contributed by atoms with Crippen LogP contribution in [0.15, 0.2) is 30.8 Å². The van der Waals surface area contributed by atoms with Crippen LogP contribution in [0.2, 0.25) is 0 Å². The van der Waals surface area contributed by atoms with Crippen molar-refractivity contribution in [3.8, 4) is 0 Å². The third-order valence-corrected chi connectivity index (χ3v) is 5.81. The fraction of sp³-hybridized carbons (Fsp3) is 0.586. The van der Waals surface area contributed by atoms with E-state index in [0.717, 1.165) is 18.4 Å². The number of ether oxygens (including phenoxy) is 2. The first-order valence-electron chi connectivity index (χ1n) is 13.3. The Bertz CT molecular complexity index is 996. The lowest BCUT2D eigenvalue weighted by atomic mass is 9.98. The van der Waals surface area contributed by atoms with Crippen LogP contribution in [0.3, 0.4) is 0 Å². The number of alkyl carbamates (subject to hydrolysis) is 1. The van der Waals surface area contributed by atoms with Crippen molar-refractivity contribution in [2.75, 3.05) is 13.2 Å². The second-order valence-electron chi connectivity index (χ2n) is 10.9. The molecule has 0 aliphatic heterocycles. The molecule has 1 aromatic rings. The molecular weight excluding hydrogens is 486 g/mol. The standard InChI is InChI=1S/C29H43N3O6/c1-8-20-11-10-12-21(18-20)25(26(34)30-16-15-24(33)37-9-2)32(22-13-14-22)27(35)23(17-19(3)4)31-28(36)38-29(5,6)7/h8,10-12,18-19,22-23,25H,1,9,13-17H2,2-7H3,(H,30,34)(H,31,36). The first-order valence-corrected chi connectivity index (χ1v) is 13.3. The number of nitrogens with zero attached hydrogens (tertiary/aromatic N) is 1. The van der Waals surface area contributed by atoms with E-state index in [1.165, 1.54) is 0 Å².